The fraction of sp³-hybridized carbons (Fsp3) is 0.235. The minimum absolute atomic E-state index is 0.129. The molecule has 0 radical (unpaired) electrons. The molecular weight excluding hydrogens is 236 g/mol. The summed E-state index contributed by atoms with van der Waals surface area (Å²) in [5.74, 6) is 0.658. The largest absolute Gasteiger partial charge is 0.497 e. The highest BCUT2D eigenvalue weighted by Gasteiger charge is 2.13. The molecule has 0 spiro atoms. The molecule has 0 aliphatic rings. The molecule has 1 atom stereocenters. The zero-order valence-electron chi connectivity index (χ0n) is 11.3. The summed E-state index contributed by atoms with van der Waals surface area (Å²) >= 11 is 0. The first-order valence-corrected chi connectivity index (χ1v) is 6.38. The number of hydrogen-bond acceptors (Lipinski definition) is 2. The molecule has 19 heavy (non-hydrogen) atoms. The Balaban J connectivity index is 2.25. The van der Waals surface area contributed by atoms with Gasteiger partial charge in [0.05, 0.1) is 7.11 Å². The number of aryl methyl sites for hydroxylation is 1. The average Bonchev–Trinajstić information content (AvgIpc) is 2.46. The first-order chi connectivity index (χ1) is 9.24. The molecule has 2 aromatic rings. The summed E-state index contributed by atoms with van der Waals surface area (Å²) in [5, 5.41) is 0. The Morgan fingerprint density at radius 3 is 2.63 bits per heavy atom. The van der Waals surface area contributed by atoms with Gasteiger partial charge in [-0.2, -0.15) is 0 Å². The number of ether oxygens (including phenoxy) is 1. The Bertz CT molecular complexity index is 561. The van der Waals surface area contributed by atoms with Crippen LogP contribution in [0.4, 0.5) is 0 Å². The van der Waals surface area contributed by atoms with Gasteiger partial charge < -0.3 is 9.53 Å². The molecule has 1 unspecified atom stereocenters. The second kappa shape index (κ2) is 6.19. The first kappa shape index (κ1) is 13.3. The maximum absolute atomic E-state index is 11.4. The lowest BCUT2D eigenvalue weighted by molar-refractivity contribution is -0.109. The van der Waals surface area contributed by atoms with E-state index in [1.165, 1.54) is 11.1 Å². The molecule has 0 N–H and O–H groups in total. The van der Waals surface area contributed by atoms with E-state index >= 15 is 0 Å². The highest BCUT2D eigenvalue weighted by molar-refractivity contribution is 5.63. The minimum atomic E-state index is -0.129. The van der Waals surface area contributed by atoms with E-state index in [1.807, 2.05) is 36.4 Å². The van der Waals surface area contributed by atoms with Crippen LogP contribution in [0.15, 0.2) is 48.5 Å². The second-order valence-electron chi connectivity index (χ2n) is 4.65. The van der Waals surface area contributed by atoms with Crippen LogP contribution in [0.1, 0.15) is 22.6 Å². The van der Waals surface area contributed by atoms with Gasteiger partial charge >= 0.3 is 0 Å². The maximum atomic E-state index is 11.4. The molecule has 98 valence electrons. The van der Waals surface area contributed by atoms with Crippen molar-refractivity contribution in [3.05, 3.63) is 65.2 Å². The van der Waals surface area contributed by atoms with Crippen molar-refractivity contribution in [3.63, 3.8) is 0 Å². The lowest BCUT2D eigenvalue weighted by Gasteiger charge is -2.13. The highest BCUT2D eigenvalue weighted by atomic mass is 16.5. The smallest absolute Gasteiger partial charge is 0.127 e. The molecule has 2 aromatic carbocycles. The number of benzene rings is 2. The van der Waals surface area contributed by atoms with E-state index in [0.717, 1.165) is 24.0 Å². The summed E-state index contributed by atoms with van der Waals surface area (Å²) in [6, 6.07) is 15.9. The van der Waals surface area contributed by atoms with Gasteiger partial charge in [0.25, 0.3) is 0 Å². The maximum Gasteiger partial charge on any atom is 0.127 e. The fourth-order valence-electron chi connectivity index (χ4n) is 2.19. The molecule has 0 fully saturated rings. The minimum Gasteiger partial charge on any atom is -0.497 e. The van der Waals surface area contributed by atoms with Crippen LogP contribution in [-0.4, -0.2) is 13.4 Å². The molecule has 2 rings (SSSR count). The van der Waals surface area contributed by atoms with Crippen LogP contribution in [0, 0.1) is 6.92 Å². The molecule has 0 aliphatic carbocycles. The normalized spacial score (nSPS) is 11.9. The Morgan fingerprint density at radius 2 is 1.95 bits per heavy atom. The number of methoxy groups -OCH3 is 1. The van der Waals surface area contributed by atoms with E-state index in [-0.39, 0.29) is 5.92 Å². The van der Waals surface area contributed by atoms with Crippen LogP contribution in [0.5, 0.6) is 5.75 Å². The Kier molecular flexibility index (Phi) is 4.35. The highest BCUT2D eigenvalue weighted by Crippen LogP contribution is 2.24. The fourth-order valence-corrected chi connectivity index (χ4v) is 2.19. The van der Waals surface area contributed by atoms with Crippen LogP contribution in [0.25, 0.3) is 0 Å². The van der Waals surface area contributed by atoms with Crippen molar-refractivity contribution in [2.75, 3.05) is 7.11 Å². The molecule has 0 heterocycles. The number of carbonyl (C=O) groups is 1. The van der Waals surface area contributed by atoms with Crippen LogP contribution in [0.2, 0.25) is 0 Å². The van der Waals surface area contributed by atoms with Crippen LogP contribution >= 0.6 is 0 Å². The topological polar surface area (TPSA) is 26.3 Å². The van der Waals surface area contributed by atoms with E-state index in [0.29, 0.717) is 0 Å². The van der Waals surface area contributed by atoms with Crippen molar-refractivity contribution in [2.45, 2.75) is 19.3 Å². The van der Waals surface area contributed by atoms with Gasteiger partial charge in [-0.15, -0.1) is 0 Å². The summed E-state index contributed by atoms with van der Waals surface area (Å²) in [5.41, 5.74) is 3.43. The first-order valence-electron chi connectivity index (χ1n) is 6.38. The van der Waals surface area contributed by atoms with Gasteiger partial charge in [0.15, 0.2) is 0 Å². The molecule has 0 amide bonds. The number of aldehydes is 1. The summed E-state index contributed by atoms with van der Waals surface area (Å²) in [6.07, 6.45) is 1.74. The summed E-state index contributed by atoms with van der Waals surface area (Å²) in [7, 11) is 1.64. The standard InChI is InChI=1S/C17H18O2/c1-13-6-3-4-7-14(13)10-16(12-18)15-8-5-9-17(11-15)19-2/h3-9,11-12,16H,10H2,1-2H3. The molecule has 2 nitrogen and oxygen atoms in total. The van der Waals surface area contributed by atoms with Crippen molar-refractivity contribution in [3.8, 4) is 5.75 Å². The molecule has 0 saturated carbocycles. The average molecular weight is 254 g/mol. The van der Waals surface area contributed by atoms with Crippen molar-refractivity contribution in [2.24, 2.45) is 0 Å². The van der Waals surface area contributed by atoms with Crippen molar-refractivity contribution in [1.82, 2.24) is 0 Å². The van der Waals surface area contributed by atoms with E-state index in [4.69, 9.17) is 4.74 Å². The van der Waals surface area contributed by atoms with Crippen LogP contribution in [-0.2, 0) is 11.2 Å². The molecule has 0 bridgehead atoms. The molecular formula is C17H18O2. The van der Waals surface area contributed by atoms with Gasteiger partial charge in [-0.1, -0.05) is 36.4 Å². The third-order valence-electron chi connectivity index (χ3n) is 3.39. The van der Waals surface area contributed by atoms with Gasteiger partial charge in [-0.3, -0.25) is 0 Å². The quantitative estimate of drug-likeness (QED) is 0.763. The molecule has 2 heteroatoms. The third kappa shape index (κ3) is 3.22. The van der Waals surface area contributed by atoms with E-state index in [1.54, 1.807) is 7.11 Å². The van der Waals surface area contributed by atoms with Gasteiger partial charge in [0.2, 0.25) is 0 Å². The number of hydrogen-bond donors (Lipinski definition) is 0. The van der Waals surface area contributed by atoms with E-state index in [9.17, 15) is 4.79 Å². The predicted octanol–water partition coefficient (Wildman–Crippen LogP) is 3.53. The monoisotopic (exact) mass is 254 g/mol. The summed E-state index contributed by atoms with van der Waals surface area (Å²) in [6.45, 7) is 2.07. The summed E-state index contributed by atoms with van der Waals surface area (Å²) < 4.78 is 5.21. The van der Waals surface area contributed by atoms with Gasteiger partial charge in [-0.05, 0) is 42.2 Å². The van der Waals surface area contributed by atoms with Crippen LogP contribution < -0.4 is 4.74 Å². The van der Waals surface area contributed by atoms with Crippen molar-refractivity contribution >= 4 is 6.29 Å². The van der Waals surface area contributed by atoms with E-state index in [2.05, 4.69) is 19.1 Å². The molecule has 0 aromatic heterocycles. The van der Waals surface area contributed by atoms with E-state index < -0.39 is 0 Å². The van der Waals surface area contributed by atoms with Gasteiger partial charge in [-0.25, -0.2) is 0 Å². The van der Waals surface area contributed by atoms with Gasteiger partial charge in [0.1, 0.15) is 12.0 Å². The lowest BCUT2D eigenvalue weighted by atomic mass is 9.91. The Labute approximate surface area is 114 Å². The number of carbonyl (C=O) groups excluding carboxylic acids is 1. The third-order valence-corrected chi connectivity index (χ3v) is 3.39. The van der Waals surface area contributed by atoms with Gasteiger partial charge in [0, 0.05) is 5.92 Å². The van der Waals surface area contributed by atoms with Crippen LogP contribution in [0.3, 0.4) is 0 Å². The Hall–Kier alpha value is -2.09. The lowest BCUT2D eigenvalue weighted by Crippen LogP contribution is -2.05. The SMILES string of the molecule is COc1cccc(C(C=O)Cc2ccccc2C)c1. The zero-order valence-corrected chi connectivity index (χ0v) is 11.3. The Morgan fingerprint density at radius 1 is 1.16 bits per heavy atom. The molecule has 0 aliphatic heterocycles. The molecule has 0 saturated heterocycles. The van der Waals surface area contributed by atoms with Crippen molar-refractivity contribution < 1.29 is 9.53 Å². The predicted molar refractivity (Wildman–Crippen MR) is 76.7 cm³/mol. The number of rotatable bonds is 5. The second-order valence-corrected chi connectivity index (χ2v) is 4.65. The zero-order chi connectivity index (χ0) is 13.7. The van der Waals surface area contributed by atoms with Crippen molar-refractivity contribution in [1.29, 1.82) is 0 Å². The summed E-state index contributed by atoms with van der Waals surface area (Å²) in [4.78, 5) is 11.4.